The van der Waals surface area contributed by atoms with Crippen LogP contribution < -0.4 is 5.32 Å². The molecule has 13 heavy (non-hydrogen) atoms. The predicted octanol–water partition coefficient (Wildman–Crippen LogP) is 1.31. The molecule has 0 saturated carbocycles. The van der Waals surface area contributed by atoms with Crippen LogP contribution in [-0.4, -0.2) is 23.6 Å². The molecular weight excluding hydrogens is 185 g/mol. The predicted molar refractivity (Wildman–Crippen MR) is 39.2 cm³/mol. The summed E-state index contributed by atoms with van der Waals surface area (Å²) in [5.41, 5.74) is 0.184. The highest BCUT2D eigenvalue weighted by atomic mass is 19.4. The fourth-order valence-electron chi connectivity index (χ4n) is 0.748. The fourth-order valence-corrected chi connectivity index (χ4v) is 0.748. The van der Waals surface area contributed by atoms with Crippen molar-refractivity contribution in [2.45, 2.75) is 6.18 Å². The van der Waals surface area contributed by atoms with Gasteiger partial charge in [-0.25, -0.2) is 0 Å². The maximum atomic E-state index is 11.6. The molecule has 0 unspecified atom stereocenters. The Morgan fingerprint density at radius 1 is 1.54 bits per heavy atom. The number of hydrogen-bond donors (Lipinski definition) is 2. The molecule has 0 aromatic carbocycles. The second kappa shape index (κ2) is 3.51. The van der Waals surface area contributed by atoms with Gasteiger partial charge in [-0.05, 0) is 6.07 Å². The Morgan fingerprint density at radius 2 is 2.23 bits per heavy atom. The van der Waals surface area contributed by atoms with Crippen molar-refractivity contribution in [3.8, 4) is 0 Å². The Morgan fingerprint density at radius 3 is 2.69 bits per heavy atom. The summed E-state index contributed by atoms with van der Waals surface area (Å²) < 4.78 is 34.9. The minimum Gasteiger partial charge on any atom is -0.367 e. The van der Waals surface area contributed by atoms with Crippen molar-refractivity contribution in [3.63, 3.8) is 0 Å². The number of nitrogens with one attached hydrogen (secondary N) is 2. The molecule has 0 radical (unpaired) electrons. The molecule has 1 aromatic heterocycles. The molecule has 0 aliphatic carbocycles. The van der Waals surface area contributed by atoms with Crippen molar-refractivity contribution in [1.29, 1.82) is 0 Å². The van der Waals surface area contributed by atoms with Gasteiger partial charge in [-0.1, -0.05) is 0 Å². The van der Waals surface area contributed by atoms with Gasteiger partial charge in [0.05, 0.1) is 5.56 Å². The van der Waals surface area contributed by atoms with Crippen molar-refractivity contribution in [2.24, 2.45) is 0 Å². The summed E-state index contributed by atoms with van der Waals surface area (Å²) in [6, 6.07) is 1.39. The molecule has 1 heterocycles. The number of amides is 1. The van der Waals surface area contributed by atoms with Gasteiger partial charge in [0.1, 0.15) is 6.54 Å². The molecule has 2 N–H and O–H groups in total. The van der Waals surface area contributed by atoms with Crippen LogP contribution in [0.2, 0.25) is 0 Å². The van der Waals surface area contributed by atoms with Crippen LogP contribution >= 0.6 is 0 Å². The lowest BCUT2D eigenvalue weighted by molar-refractivity contribution is -0.123. The number of aromatic amines is 1. The molecular formula is C7H7F3N2O. The molecule has 1 amide bonds. The molecule has 0 spiro atoms. The summed E-state index contributed by atoms with van der Waals surface area (Å²) in [5, 5.41) is 1.74. The fraction of sp³-hybridized carbons (Fsp3) is 0.286. The summed E-state index contributed by atoms with van der Waals surface area (Å²) in [6.07, 6.45) is -1.58. The van der Waals surface area contributed by atoms with Crippen LogP contribution in [0, 0.1) is 0 Å². The van der Waals surface area contributed by atoms with Gasteiger partial charge in [0.25, 0.3) is 5.91 Å². The number of aromatic nitrogens is 1. The zero-order valence-corrected chi connectivity index (χ0v) is 6.48. The topological polar surface area (TPSA) is 44.9 Å². The lowest BCUT2D eigenvalue weighted by Gasteiger charge is -2.06. The number of halogens is 3. The molecule has 1 rings (SSSR count). The Hall–Kier alpha value is -1.46. The maximum absolute atomic E-state index is 11.6. The summed E-state index contributed by atoms with van der Waals surface area (Å²) >= 11 is 0. The van der Waals surface area contributed by atoms with Crippen LogP contribution in [0.3, 0.4) is 0 Å². The molecule has 0 atom stereocenters. The third-order valence-corrected chi connectivity index (χ3v) is 1.31. The van der Waals surface area contributed by atoms with Crippen molar-refractivity contribution >= 4 is 5.91 Å². The van der Waals surface area contributed by atoms with Gasteiger partial charge in [-0.2, -0.15) is 13.2 Å². The third-order valence-electron chi connectivity index (χ3n) is 1.31. The van der Waals surface area contributed by atoms with Gasteiger partial charge in [0.15, 0.2) is 0 Å². The third kappa shape index (κ3) is 3.18. The largest absolute Gasteiger partial charge is 0.405 e. The molecule has 72 valence electrons. The molecule has 6 heteroatoms. The van der Waals surface area contributed by atoms with E-state index in [2.05, 4.69) is 4.98 Å². The average Bonchev–Trinajstić information content (AvgIpc) is 2.50. The molecule has 3 nitrogen and oxygen atoms in total. The van der Waals surface area contributed by atoms with Crippen LogP contribution in [-0.2, 0) is 0 Å². The van der Waals surface area contributed by atoms with Gasteiger partial charge >= 0.3 is 6.18 Å². The van der Waals surface area contributed by atoms with E-state index in [1.165, 1.54) is 18.5 Å². The lowest BCUT2D eigenvalue weighted by atomic mass is 10.3. The SMILES string of the molecule is O=C(NCC(F)(F)F)c1cc[nH]c1. The minimum absolute atomic E-state index is 0.184. The first-order valence-electron chi connectivity index (χ1n) is 3.47. The van der Waals surface area contributed by atoms with E-state index in [0.717, 1.165) is 0 Å². The summed E-state index contributed by atoms with van der Waals surface area (Å²) in [7, 11) is 0. The van der Waals surface area contributed by atoms with E-state index < -0.39 is 18.6 Å². The molecule has 0 bridgehead atoms. The number of H-pyrrole nitrogens is 1. The monoisotopic (exact) mass is 192 g/mol. The number of carbonyl (C=O) groups excluding carboxylic acids is 1. The standard InChI is InChI=1S/C7H7F3N2O/c8-7(9,10)4-12-6(13)5-1-2-11-3-5/h1-3,11H,4H2,(H,12,13). The highest BCUT2D eigenvalue weighted by molar-refractivity contribution is 5.93. The normalized spacial score (nSPS) is 11.3. The van der Waals surface area contributed by atoms with Crippen molar-refractivity contribution in [2.75, 3.05) is 6.54 Å². The van der Waals surface area contributed by atoms with Gasteiger partial charge in [-0.3, -0.25) is 4.79 Å². The molecule has 1 aromatic rings. The molecule has 0 aliphatic heterocycles. The van der Waals surface area contributed by atoms with Crippen LogP contribution in [0.15, 0.2) is 18.5 Å². The van der Waals surface area contributed by atoms with Crippen molar-refractivity contribution in [1.82, 2.24) is 10.3 Å². The van der Waals surface area contributed by atoms with Crippen LogP contribution in [0.4, 0.5) is 13.2 Å². The first kappa shape index (κ1) is 9.63. The molecule has 0 fully saturated rings. The van der Waals surface area contributed by atoms with Crippen molar-refractivity contribution in [3.05, 3.63) is 24.0 Å². The number of rotatable bonds is 2. The van der Waals surface area contributed by atoms with Gasteiger partial charge in [0.2, 0.25) is 0 Å². The number of hydrogen-bond acceptors (Lipinski definition) is 1. The second-order valence-electron chi connectivity index (χ2n) is 2.40. The van der Waals surface area contributed by atoms with Crippen LogP contribution in [0.1, 0.15) is 10.4 Å². The summed E-state index contributed by atoms with van der Waals surface area (Å²) in [5.74, 6) is -0.737. The quantitative estimate of drug-likeness (QED) is 0.728. The van der Waals surface area contributed by atoms with E-state index >= 15 is 0 Å². The van der Waals surface area contributed by atoms with Gasteiger partial charge in [-0.15, -0.1) is 0 Å². The maximum Gasteiger partial charge on any atom is 0.405 e. The van der Waals surface area contributed by atoms with Gasteiger partial charge in [0, 0.05) is 12.4 Å². The zero-order valence-electron chi connectivity index (χ0n) is 6.48. The Balaban J connectivity index is 2.44. The van der Waals surface area contributed by atoms with Crippen LogP contribution in [0.25, 0.3) is 0 Å². The molecule has 0 saturated heterocycles. The van der Waals surface area contributed by atoms with E-state index in [-0.39, 0.29) is 5.56 Å². The summed E-state index contributed by atoms with van der Waals surface area (Å²) in [6.45, 7) is -1.31. The smallest absolute Gasteiger partial charge is 0.367 e. The highest BCUT2D eigenvalue weighted by Crippen LogP contribution is 2.12. The second-order valence-corrected chi connectivity index (χ2v) is 2.40. The lowest BCUT2D eigenvalue weighted by Crippen LogP contribution is -2.33. The van der Waals surface area contributed by atoms with Gasteiger partial charge < -0.3 is 10.3 Å². The Bertz CT molecular complexity index is 278. The zero-order chi connectivity index (χ0) is 9.90. The minimum atomic E-state index is -4.37. The Labute approximate surface area is 71.9 Å². The van der Waals surface area contributed by atoms with E-state index in [9.17, 15) is 18.0 Å². The molecule has 0 aliphatic rings. The first-order valence-corrected chi connectivity index (χ1v) is 3.47. The highest BCUT2D eigenvalue weighted by Gasteiger charge is 2.27. The van der Waals surface area contributed by atoms with E-state index in [1.807, 2.05) is 0 Å². The summed E-state index contributed by atoms with van der Waals surface area (Å²) in [4.78, 5) is 13.5. The van der Waals surface area contributed by atoms with E-state index in [1.54, 1.807) is 5.32 Å². The van der Waals surface area contributed by atoms with Crippen molar-refractivity contribution < 1.29 is 18.0 Å². The van der Waals surface area contributed by atoms with E-state index in [0.29, 0.717) is 0 Å². The Kier molecular flexibility index (Phi) is 2.60. The first-order chi connectivity index (χ1) is 5.99. The number of alkyl halides is 3. The average molecular weight is 192 g/mol. The van der Waals surface area contributed by atoms with Crippen LogP contribution in [0.5, 0.6) is 0 Å². The number of carbonyl (C=O) groups is 1. The van der Waals surface area contributed by atoms with E-state index in [4.69, 9.17) is 0 Å².